The molecule has 2 rings (SSSR count). The molecule has 25 heavy (non-hydrogen) atoms. The Labute approximate surface area is 148 Å². The lowest BCUT2D eigenvalue weighted by Crippen LogP contribution is -2.30. The van der Waals surface area contributed by atoms with Crippen molar-refractivity contribution in [1.82, 2.24) is 5.32 Å². The van der Waals surface area contributed by atoms with Gasteiger partial charge in [-0.15, -0.1) is 0 Å². The Hall–Kier alpha value is -2.66. The molecule has 132 valence electrons. The standard InChI is InChI=1S/C20H25N3O2/c1-2-15(16-8-4-3-5-9-16)14-19(24)23-18-11-7-6-10-17(18)20(25)22-13-12-21/h3-11,15H,2,12-14,21H2,1H3,(H,22,25)(H,23,24). The van der Waals surface area contributed by atoms with Crippen molar-refractivity contribution in [2.24, 2.45) is 5.73 Å². The number of para-hydroxylation sites is 1. The Morgan fingerprint density at radius 2 is 1.72 bits per heavy atom. The van der Waals surface area contributed by atoms with E-state index in [-0.39, 0.29) is 17.7 Å². The van der Waals surface area contributed by atoms with Crippen molar-refractivity contribution in [2.75, 3.05) is 18.4 Å². The zero-order valence-corrected chi connectivity index (χ0v) is 14.5. The summed E-state index contributed by atoms with van der Waals surface area (Å²) in [6.07, 6.45) is 1.25. The van der Waals surface area contributed by atoms with Gasteiger partial charge in [-0.25, -0.2) is 0 Å². The first-order chi connectivity index (χ1) is 12.2. The van der Waals surface area contributed by atoms with Crippen molar-refractivity contribution in [3.8, 4) is 0 Å². The summed E-state index contributed by atoms with van der Waals surface area (Å²) in [5.74, 6) is -0.189. The molecule has 0 saturated heterocycles. The molecule has 0 aromatic heterocycles. The molecule has 0 bridgehead atoms. The third kappa shape index (κ3) is 5.43. The molecular weight excluding hydrogens is 314 g/mol. The fourth-order valence-electron chi connectivity index (χ4n) is 2.72. The number of anilines is 1. The van der Waals surface area contributed by atoms with Crippen LogP contribution in [0.3, 0.4) is 0 Å². The molecule has 1 unspecified atom stereocenters. The summed E-state index contributed by atoms with van der Waals surface area (Å²) in [6.45, 7) is 2.84. The van der Waals surface area contributed by atoms with E-state index in [2.05, 4.69) is 17.6 Å². The zero-order valence-electron chi connectivity index (χ0n) is 14.5. The van der Waals surface area contributed by atoms with Gasteiger partial charge in [-0.3, -0.25) is 9.59 Å². The second-order valence-electron chi connectivity index (χ2n) is 5.86. The maximum Gasteiger partial charge on any atom is 0.253 e. The first-order valence-corrected chi connectivity index (χ1v) is 8.57. The molecule has 2 aromatic rings. The fourth-order valence-corrected chi connectivity index (χ4v) is 2.72. The first-order valence-electron chi connectivity index (χ1n) is 8.57. The van der Waals surface area contributed by atoms with E-state index < -0.39 is 0 Å². The average molecular weight is 339 g/mol. The number of benzene rings is 2. The highest BCUT2D eigenvalue weighted by Crippen LogP contribution is 2.24. The van der Waals surface area contributed by atoms with Gasteiger partial charge in [0.1, 0.15) is 0 Å². The molecule has 5 heteroatoms. The summed E-state index contributed by atoms with van der Waals surface area (Å²) >= 11 is 0. The Balaban J connectivity index is 2.06. The average Bonchev–Trinajstić information content (AvgIpc) is 2.65. The first kappa shape index (κ1) is 18.7. The van der Waals surface area contributed by atoms with Crippen LogP contribution >= 0.6 is 0 Å². The predicted molar refractivity (Wildman–Crippen MR) is 101 cm³/mol. The molecule has 0 spiro atoms. The van der Waals surface area contributed by atoms with Crippen LogP contribution in [0.2, 0.25) is 0 Å². The topological polar surface area (TPSA) is 84.2 Å². The van der Waals surface area contributed by atoms with Gasteiger partial charge in [0.15, 0.2) is 0 Å². The molecule has 0 aliphatic rings. The van der Waals surface area contributed by atoms with Gasteiger partial charge >= 0.3 is 0 Å². The van der Waals surface area contributed by atoms with Crippen LogP contribution in [0, 0.1) is 0 Å². The van der Waals surface area contributed by atoms with E-state index in [4.69, 9.17) is 5.73 Å². The minimum absolute atomic E-state index is 0.102. The van der Waals surface area contributed by atoms with Crippen molar-refractivity contribution in [3.05, 3.63) is 65.7 Å². The SMILES string of the molecule is CCC(CC(=O)Nc1ccccc1C(=O)NCCN)c1ccccc1. The summed E-state index contributed by atoms with van der Waals surface area (Å²) in [4.78, 5) is 24.7. The molecule has 0 fully saturated rings. The summed E-state index contributed by atoms with van der Waals surface area (Å²) in [5.41, 5.74) is 7.52. The molecule has 1 atom stereocenters. The van der Waals surface area contributed by atoms with Crippen molar-refractivity contribution >= 4 is 17.5 Å². The summed E-state index contributed by atoms with van der Waals surface area (Å²) in [7, 11) is 0. The van der Waals surface area contributed by atoms with Crippen LogP contribution in [0.15, 0.2) is 54.6 Å². The van der Waals surface area contributed by atoms with Gasteiger partial charge in [0, 0.05) is 19.5 Å². The number of rotatable bonds is 8. The number of carbonyl (C=O) groups is 2. The van der Waals surface area contributed by atoms with Gasteiger partial charge < -0.3 is 16.4 Å². The molecule has 0 aliphatic heterocycles. The van der Waals surface area contributed by atoms with Crippen LogP contribution < -0.4 is 16.4 Å². The number of carbonyl (C=O) groups excluding carboxylic acids is 2. The van der Waals surface area contributed by atoms with E-state index in [1.807, 2.05) is 30.3 Å². The second kappa shape index (κ2) is 9.59. The van der Waals surface area contributed by atoms with Gasteiger partial charge in [-0.1, -0.05) is 49.4 Å². The van der Waals surface area contributed by atoms with E-state index in [9.17, 15) is 9.59 Å². The van der Waals surface area contributed by atoms with Crippen LogP contribution in [-0.4, -0.2) is 24.9 Å². The smallest absolute Gasteiger partial charge is 0.253 e. The van der Waals surface area contributed by atoms with Crippen LogP contribution in [0.25, 0.3) is 0 Å². The summed E-state index contributed by atoms with van der Waals surface area (Å²) in [5, 5.41) is 5.60. The summed E-state index contributed by atoms with van der Waals surface area (Å²) < 4.78 is 0. The number of nitrogens with one attached hydrogen (secondary N) is 2. The Morgan fingerprint density at radius 1 is 1.04 bits per heavy atom. The molecule has 0 radical (unpaired) electrons. The van der Waals surface area contributed by atoms with E-state index in [1.54, 1.807) is 24.3 Å². The van der Waals surface area contributed by atoms with Crippen LogP contribution in [0.4, 0.5) is 5.69 Å². The second-order valence-corrected chi connectivity index (χ2v) is 5.86. The molecule has 2 aromatic carbocycles. The third-order valence-corrected chi connectivity index (χ3v) is 4.07. The molecule has 0 aliphatic carbocycles. The van der Waals surface area contributed by atoms with Gasteiger partial charge in [0.25, 0.3) is 5.91 Å². The minimum atomic E-state index is -0.239. The van der Waals surface area contributed by atoms with Gasteiger partial charge in [-0.05, 0) is 30.0 Å². The maximum absolute atomic E-state index is 12.5. The molecule has 4 N–H and O–H groups in total. The van der Waals surface area contributed by atoms with E-state index in [1.165, 1.54) is 0 Å². The molecule has 2 amide bonds. The number of amides is 2. The molecule has 0 saturated carbocycles. The highest BCUT2D eigenvalue weighted by Gasteiger charge is 2.17. The highest BCUT2D eigenvalue weighted by molar-refractivity contribution is 6.03. The van der Waals surface area contributed by atoms with Gasteiger partial charge in [-0.2, -0.15) is 0 Å². The number of nitrogens with two attached hydrogens (primary N) is 1. The molecule has 0 heterocycles. The largest absolute Gasteiger partial charge is 0.351 e. The monoisotopic (exact) mass is 339 g/mol. The van der Waals surface area contributed by atoms with Crippen molar-refractivity contribution < 1.29 is 9.59 Å². The van der Waals surface area contributed by atoms with Gasteiger partial charge in [0.2, 0.25) is 5.91 Å². The summed E-state index contributed by atoms with van der Waals surface area (Å²) in [6, 6.07) is 17.0. The maximum atomic E-state index is 12.5. The molecule has 5 nitrogen and oxygen atoms in total. The van der Waals surface area contributed by atoms with Crippen LogP contribution in [0.1, 0.15) is 41.6 Å². The Bertz CT molecular complexity index is 701. The van der Waals surface area contributed by atoms with Crippen molar-refractivity contribution in [2.45, 2.75) is 25.7 Å². The Morgan fingerprint density at radius 3 is 2.40 bits per heavy atom. The van der Waals surface area contributed by atoms with Crippen molar-refractivity contribution in [3.63, 3.8) is 0 Å². The van der Waals surface area contributed by atoms with E-state index in [0.717, 1.165) is 12.0 Å². The van der Waals surface area contributed by atoms with E-state index >= 15 is 0 Å². The van der Waals surface area contributed by atoms with Crippen LogP contribution in [0.5, 0.6) is 0 Å². The lowest BCUT2D eigenvalue weighted by molar-refractivity contribution is -0.116. The van der Waals surface area contributed by atoms with Gasteiger partial charge in [0.05, 0.1) is 11.3 Å². The third-order valence-electron chi connectivity index (χ3n) is 4.07. The van der Waals surface area contributed by atoms with Crippen LogP contribution in [-0.2, 0) is 4.79 Å². The lowest BCUT2D eigenvalue weighted by atomic mass is 9.93. The fraction of sp³-hybridized carbons (Fsp3) is 0.300. The predicted octanol–water partition coefficient (Wildman–Crippen LogP) is 2.90. The Kier molecular flexibility index (Phi) is 7.16. The lowest BCUT2D eigenvalue weighted by Gasteiger charge is -2.16. The van der Waals surface area contributed by atoms with E-state index in [0.29, 0.717) is 30.8 Å². The minimum Gasteiger partial charge on any atom is -0.351 e. The number of hydrogen-bond acceptors (Lipinski definition) is 3. The normalized spacial score (nSPS) is 11.6. The highest BCUT2D eigenvalue weighted by atomic mass is 16.2. The quantitative estimate of drug-likeness (QED) is 0.691. The van der Waals surface area contributed by atoms with Crippen molar-refractivity contribution in [1.29, 1.82) is 0 Å². The molecular formula is C20H25N3O2. The zero-order chi connectivity index (χ0) is 18.1. The number of hydrogen-bond donors (Lipinski definition) is 3.